The Labute approximate surface area is 156 Å². The number of fused-ring (bicyclic) bond motifs is 1. The van der Waals surface area contributed by atoms with Gasteiger partial charge in [-0.3, -0.25) is 9.69 Å². The lowest BCUT2D eigenvalue weighted by Crippen LogP contribution is -2.39. The minimum atomic E-state index is -0.736. The molecule has 4 rings (SSSR count). The maximum atomic E-state index is 11.8. The van der Waals surface area contributed by atoms with Gasteiger partial charge in [0.25, 0.3) is 0 Å². The van der Waals surface area contributed by atoms with Gasteiger partial charge in [-0.05, 0) is 52.9 Å². The van der Waals surface area contributed by atoms with Gasteiger partial charge in [-0.2, -0.15) is 0 Å². The van der Waals surface area contributed by atoms with Crippen LogP contribution >= 0.6 is 11.3 Å². The molecule has 5 heteroatoms. The molecule has 2 heterocycles. The summed E-state index contributed by atoms with van der Waals surface area (Å²) in [6.07, 6.45) is 1.61. The summed E-state index contributed by atoms with van der Waals surface area (Å²) in [5.74, 6) is 0.0689. The van der Waals surface area contributed by atoms with Crippen molar-refractivity contribution in [3.63, 3.8) is 0 Å². The maximum Gasteiger partial charge on any atom is 0.320 e. The van der Waals surface area contributed by atoms with Crippen LogP contribution in [0.15, 0.2) is 53.9 Å². The van der Waals surface area contributed by atoms with Crippen LogP contribution in [-0.4, -0.2) is 35.7 Å². The first-order chi connectivity index (χ1) is 12.7. The van der Waals surface area contributed by atoms with E-state index < -0.39 is 12.0 Å². The highest BCUT2D eigenvalue weighted by molar-refractivity contribution is 7.17. The number of likely N-dealkylation sites (tertiary alicyclic amines) is 1. The molecule has 4 nitrogen and oxygen atoms in total. The van der Waals surface area contributed by atoms with E-state index in [1.807, 2.05) is 36.4 Å². The van der Waals surface area contributed by atoms with Crippen LogP contribution in [0.3, 0.4) is 0 Å². The molecule has 1 saturated heterocycles. The van der Waals surface area contributed by atoms with E-state index in [0.717, 1.165) is 24.3 Å². The number of rotatable bonds is 5. The van der Waals surface area contributed by atoms with Crippen LogP contribution < -0.4 is 4.74 Å². The fraction of sp³-hybridized carbons (Fsp3) is 0.286. The van der Waals surface area contributed by atoms with E-state index >= 15 is 0 Å². The molecular weight excluding hydrogens is 346 g/mol. The predicted molar refractivity (Wildman–Crippen MR) is 104 cm³/mol. The first-order valence-corrected chi connectivity index (χ1v) is 9.65. The molecule has 1 aliphatic rings. The molecule has 1 aliphatic heterocycles. The number of methoxy groups -OCH3 is 1. The molecule has 0 amide bonds. The van der Waals surface area contributed by atoms with E-state index in [-0.39, 0.29) is 6.04 Å². The lowest BCUT2D eigenvalue weighted by atomic mass is 9.95. The van der Waals surface area contributed by atoms with Gasteiger partial charge in [-0.15, -0.1) is 11.3 Å². The summed E-state index contributed by atoms with van der Waals surface area (Å²) < 4.78 is 6.52. The van der Waals surface area contributed by atoms with Crippen LogP contribution in [0.5, 0.6) is 5.75 Å². The fourth-order valence-corrected chi connectivity index (χ4v) is 4.89. The van der Waals surface area contributed by atoms with Gasteiger partial charge in [-0.25, -0.2) is 0 Å². The highest BCUT2D eigenvalue weighted by Gasteiger charge is 2.37. The number of benzene rings is 2. The number of nitrogens with zero attached hydrogens (tertiary/aromatic N) is 1. The van der Waals surface area contributed by atoms with E-state index in [4.69, 9.17) is 4.74 Å². The van der Waals surface area contributed by atoms with Crippen molar-refractivity contribution in [2.24, 2.45) is 0 Å². The normalized spacial score (nSPS) is 18.9. The van der Waals surface area contributed by atoms with E-state index in [9.17, 15) is 9.90 Å². The molecule has 3 aromatic rings. The second kappa shape index (κ2) is 7.09. The lowest BCUT2D eigenvalue weighted by molar-refractivity contribution is -0.142. The summed E-state index contributed by atoms with van der Waals surface area (Å²) in [6.45, 7) is 0.790. The van der Waals surface area contributed by atoms with Gasteiger partial charge in [0.1, 0.15) is 11.8 Å². The van der Waals surface area contributed by atoms with Crippen LogP contribution in [0, 0.1) is 0 Å². The Morgan fingerprint density at radius 3 is 2.73 bits per heavy atom. The predicted octanol–water partition coefficient (Wildman–Crippen LogP) is 4.55. The third kappa shape index (κ3) is 2.97. The van der Waals surface area contributed by atoms with Crippen molar-refractivity contribution in [3.8, 4) is 5.75 Å². The molecule has 1 fully saturated rings. The topological polar surface area (TPSA) is 49.8 Å². The van der Waals surface area contributed by atoms with Gasteiger partial charge >= 0.3 is 5.97 Å². The fourth-order valence-electron chi connectivity index (χ4n) is 3.91. The third-order valence-electron chi connectivity index (χ3n) is 5.15. The van der Waals surface area contributed by atoms with Crippen LogP contribution in [0.1, 0.15) is 30.0 Å². The summed E-state index contributed by atoms with van der Waals surface area (Å²) in [5.41, 5.74) is 2.28. The molecule has 134 valence electrons. The van der Waals surface area contributed by atoms with Crippen LogP contribution in [0.4, 0.5) is 0 Å². The van der Waals surface area contributed by atoms with E-state index in [2.05, 4.69) is 22.4 Å². The van der Waals surface area contributed by atoms with Crippen molar-refractivity contribution in [1.29, 1.82) is 0 Å². The van der Waals surface area contributed by atoms with Gasteiger partial charge in [0.05, 0.1) is 13.2 Å². The molecule has 2 unspecified atom stereocenters. The molecule has 26 heavy (non-hydrogen) atoms. The molecule has 0 radical (unpaired) electrons. The Morgan fingerprint density at radius 1 is 1.23 bits per heavy atom. The first-order valence-electron chi connectivity index (χ1n) is 8.77. The van der Waals surface area contributed by atoms with Gasteiger partial charge in [0.15, 0.2) is 0 Å². The quantitative estimate of drug-likeness (QED) is 0.719. The Kier molecular flexibility index (Phi) is 4.66. The zero-order valence-electron chi connectivity index (χ0n) is 14.6. The second-order valence-corrected chi connectivity index (χ2v) is 7.51. The Balaban J connectivity index is 1.84. The second-order valence-electron chi connectivity index (χ2n) is 6.60. The molecule has 2 aromatic carbocycles. The zero-order chi connectivity index (χ0) is 18.1. The first kappa shape index (κ1) is 17.1. The molecule has 0 bridgehead atoms. The van der Waals surface area contributed by atoms with Gasteiger partial charge in [0, 0.05) is 11.2 Å². The SMILES string of the molecule is COc1ccc(C(c2csc3ccccc23)N2CCCC2C(=O)O)cc1. The number of hydrogen-bond acceptors (Lipinski definition) is 4. The molecule has 0 saturated carbocycles. The smallest absolute Gasteiger partial charge is 0.320 e. The maximum absolute atomic E-state index is 11.8. The Hall–Kier alpha value is -2.37. The lowest BCUT2D eigenvalue weighted by Gasteiger charge is -2.31. The van der Waals surface area contributed by atoms with Crippen molar-refractivity contribution >= 4 is 27.4 Å². The highest BCUT2D eigenvalue weighted by Crippen LogP contribution is 2.40. The largest absolute Gasteiger partial charge is 0.497 e. The molecule has 2 atom stereocenters. The number of hydrogen-bond donors (Lipinski definition) is 1. The van der Waals surface area contributed by atoms with Gasteiger partial charge < -0.3 is 9.84 Å². The van der Waals surface area contributed by atoms with E-state index in [0.29, 0.717) is 6.42 Å². The summed E-state index contributed by atoms with van der Waals surface area (Å²) in [5, 5.41) is 13.1. The summed E-state index contributed by atoms with van der Waals surface area (Å²) >= 11 is 1.71. The minimum absolute atomic E-state index is 0.0688. The molecule has 1 N–H and O–H groups in total. The summed E-state index contributed by atoms with van der Waals surface area (Å²) in [7, 11) is 1.65. The summed E-state index contributed by atoms with van der Waals surface area (Å²) in [4.78, 5) is 14.0. The third-order valence-corrected chi connectivity index (χ3v) is 6.13. The number of thiophene rings is 1. The molecule has 0 spiro atoms. The monoisotopic (exact) mass is 367 g/mol. The van der Waals surface area contributed by atoms with Crippen LogP contribution in [0.2, 0.25) is 0 Å². The number of carboxylic acid groups (broad SMARTS) is 1. The van der Waals surface area contributed by atoms with Crippen molar-refractivity contribution in [1.82, 2.24) is 4.90 Å². The van der Waals surface area contributed by atoms with Crippen molar-refractivity contribution in [2.45, 2.75) is 24.9 Å². The zero-order valence-corrected chi connectivity index (χ0v) is 15.4. The minimum Gasteiger partial charge on any atom is -0.497 e. The average molecular weight is 367 g/mol. The summed E-state index contributed by atoms with van der Waals surface area (Å²) in [6, 6.07) is 15.8. The van der Waals surface area contributed by atoms with Crippen LogP contribution in [-0.2, 0) is 4.79 Å². The van der Waals surface area contributed by atoms with Gasteiger partial charge in [-0.1, -0.05) is 30.3 Å². The van der Waals surface area contributed by atoms with Crippen molar-refractivity contribution in [2.75, 3.05) is 13.7 Å². The number of aliphatic carboxylic acids is 1. The Morgan fingerprint density at radius 2 is 2.00 bits per heavy atom. The Bertz CT molecular complexity index is 918. The van der Waals surface area contributed by atoms with E-state index in [1.54, 1.807) is 18.4 Å². The van der Waals surface area contributed by atoms with Crippen LogP contribution in [0.25, 0.3) is 10.1 Å². The average Bonchev–Trinajstić information content (AvgIpc) is 3.31. The molecule has 0 aliphatic carbocycles. The number of carbonyl (C=O) groups is 1. The molecular formula is C21H21NO3S. The van der Waals surface area contributed by atoms with Crippen molar-refractivity contribution < 1.29 is 14.6 Å². The van der Waals surface area contributed by atoms with Crippen molar-refractivity contribution in [3.05, 3.63) is 65.0 Å². The van der Waals surface area contributed by atoms with Gasteiger partial charge in [0.2, 0.25) is 0 Å². The van der Waals surface area contributed by atoms with E-state index in [1.165, 1.54) is 15.6 Å². The number of ether oxygens (including phenoxy) is 1. The molecule has 1 aromatic heterocycles. The highest BCUT2D eigenvalue weighted by atomic mass is 32.1. The number of carboxylic acids is 1. The standard InChI is InChI=1S/C21H21NO3S/c1-25-15-10-8-14(9-11-15)20(22-12-4-6-18(22)21(23)24)17-13-26-19-7-3-2-5-16(17)19/h2-3,5,7-11,13,18,20H,4,6,12H2,1H3,(H,23,24).